The van der Waals surface area contributed by atoms with Crippen LogP contribution in [-0.4, -0.2) is 63.5 Å². The molecule has 1 aromatic rings. The molecule has 6 heteroatoms. The van der Waals surface area contributed by atoms with Gasteiger partial charge in [-0.15, -0.1) is 0 Å². The van der Waals surface area contributed by atoms with E-state index in [1.807, 2.05) is 13.0 Å². The van der Waals surface area contributed by atoms with Crippen molar-refractivity contribution in [2.45, 2.75) is 31.7 Å². The first-order valence-electron chi connectivity index (χ1n) is 7.95. The van der Waals surface area contributed by atoms with Crippen molar-refractivity contribution in [3.63, 3.8) is 0 Å². The summed E-state index contributed by atoms with van der Waals surface area (Å²) in [6.07, 6.45) is 0. The van der Waals surface area contributed by atoms with Crippen LogP contribution in [0.25, 0.3) is 0 Å². The zero-order valence-electron chi connectivity index (χ0n) is 13.7. The van der Waals surface area contributed by atoms with E-state index in [2.05, 4.69) is 28.4 Å². The summed E-state index contributed by atoms with van der Waals surface area (Å²) in [5.74, 6) is 0. The van der Waals surface area contributed by atoms with Crippen molar-refractivity contribution < 1.29 is 8.42 Å². The third kappa shape index (κ3) is 4.52. The van der Waals surface area contributed by atoms with Gasteiger partial charge in [-0.25, -0.2) is 13.1 Å². The summed E-state index contributed by atoms with van der Waals surface area (Å²) in [6, 6.07) is 7.22. The predicted octanol–water partition coefficient (Wildman–Crippen LogP) is 1.30. The summed E-state index contributed by atoms with van der Waals surface area (Å²) in [6.45, 7) is 11.8. The zero-order chi connectivity index (χ0) is 16.2. The molecular weight excluding hydrogens is 298 g/mol. The molecule has 1 fully saturated rings. The van der Waals surface area contributed by atoms with Gasteiger partial charge in [0, 0.05) is 38.8 Å². The second-order valence-electron chi connectivity index (χ2n) is 5.99. The summed E-state index contributed by atoms with van der Waals surface area (Å²) in [5.41, 5.74) is 0.951. The predicted molar refractivity (Wildman–Crippen MR) is 89.5 cm³/mol. The molecule has 0 aliphatic carbocycles. The molecule has 5 nitrogen and oxygen atoms in total. The zero-order valence-corrected chi connectivity index (χ0v) is 14.6. The Morgan fingerprint density at radius 2 is 1.91 bits per heavy atom. The SMILES string of the molecule is CCN1CCN([C@H](C)CNS(=O)(=O)c2cccc(C)c2)CC1. The van der Waals surface area contributed by atoms with Crippen LogP contribution in [0.4, 0.5) is 0 Å². The van der Waals surface area contributed by atoms with Crippen LogP contribution in [0.15, 0.2) is 29.2 Å². The lowest BCUT2D eigenvalue weighted by atomic mass is 10.2. The minimum absolute atomic E-state index is 0.207. The van der Waals surface area contributed by atoms with Crippen LogP contribution in [0.5, 0.6) is 0 Å². The topological polar surface area (TPSA) is 52.6 Å². The van der Waals surface area contributed by atoms with Gasteiger partial charge in [-0.1, -0.05) is 19.1 Å². The molecule has 22 heavy (non-hydrogen) atoms. The Bertz CT molecular complexity index is 581. The molecule has 0 spiro atoms. The molecule has 1 saturated heterocycles. The van der Waals surface area contributed by atoms with Crippen LogP contribution in [0.2, 0.25) is 0 Å². The van der Waals surface area contributed by atoms with Gasteiger partial charge in [0.15, 0.2) is 0 Å². The van der Waals surface area contributed by atoms with E-state index in [4.69, 9.17) is 0 Å². The first-order valence-corrected chi connectivity index (χ1v) is 9.43. The molecule has 0 amide bonds. The van der Waals surface area contributed by atoms with Crippen molar-refractivity contribution in [2.75, 3.05) is 39.3 Å². The summed E-state index contributed by atoms with van der Waals surface area (Å²) in [5, 5.41) is 0. The number of hydrogen-bond donors (Lipinski definition) is 1. The number of benzene rings is 1. The van der Waals surface area contributed by atoms with Crippen molar-refractivity contribution in [1.29, 1.82) is 0 Å². The van der Waals surface area contributed by atoms with Gasteiger partial charge in [0.05, 0.1) is 4.90 Å². The normalized spacial score (nSPS) is 19.2. The average Bonchev–Trinajstić information content (AvgIpc) is 2.53. The number of rotatable bonds is 6. The van der Waals surface area contributed by atoms with Crippen LogP contribution in [0, 0.1) is 6.92 Å². The third-order valence-corrected chi connectivity index (χ3v) is 5.77. The molecule has 1 N–H and O–H groups in total. The molecule has 124 valence electrons. The molecule has 0 bridgehead atoms. The molecule has 0 radical (unpaired) electrons. The van der Waals surface area contributed by atoms with Crippen LogP contribution in [0.1, 0.15) is 19.4 Å². The van der Waals surface area contributed by atoms with Crippen molar-refractivity contribution in [3.05, 3.63) is 29.8 Å². The van der Waals surface area contributed by atoms with Gasteiger partial charge in [0.2, 0.25) is 10.0 Å². The second kappa shape index (κ2) is 7.55. The Hall–Kier alpha value is -0.950. The van der Waals surface area contributed by atoms with Crippen molar-refractivity contribution in [1.82, 2.24) is 14.5 Å². The van der Waals surface area contributed by atoms with Gasteiger partial charge in [-0.2, -0.15) is 0 Å². The monoisotopic (exact) mass is 325 g/mol. The molecular formula is C16H27N3O2S. The van der Waals surface area contributed by atoms with E-state index < -0.39 is 10.0 Å². The summed E-state index contributed by atoms with van der Waals surface area (Å²) in [7, 11) is -3.42. The molecule has 1 aliphatic heterocycles. The number of nitrogens with one attached hydrogen (secondary N) is 1. The molecule has 0 saturated carbocycles. The maximum Gasteiger partial charge on any atom is 0.240 e. The van der Waals surface area contributed by atoms with Crippen LogP contribution in [0.3, 0.4) is 0 Å². The van der Waals surface area contributed by atoms with Gasteiger partial charge in [0.25, 0.3) is 0 Å². The van der Waals surface area contributed by atoms with Gasteiger partial charge in [-0.3, -0.25) is 4.90 Å². The first-order chi connectivity index (χ1) is 10.4. The highest BCUT2D eigenvalue weighted by Gasteiger charge is 2.22. The minimum atomic E-state index is -3.42. The van der Waals surface area contributed by atoms with Crippen molar-refractivity contribution in [2.24, 2.45) is 0 Å². The minimum Gasteiger partial charge on any atom is -0.301 e. The second-order valence-corrected chi connectivity index (χ2v) is 7.75. The number of piperazine rings is 1. The number of likely N-dealkylation sites (N-methyl/N-ethyl adjacent to an activating group) is 1. The third-order valence-electron chi connectivity index (χ3n) is 4.35. The Morgan fingerprint density at radius 3 is 2.50 bits per heavy atom. The highest BCUT2D eigenvalue weighted by molar-refractivity contribution is 7.89. The Morgan fingerprint density at radius 1 is 1.23 bits per heavy atom. The molecule has 0 unspecified atom stereocenters. The number of nitrogens with zero attached hydrogens (tertiary/aromatic N) is 2. The number of sulfonamides is 1. The quantitative estimate of drug-likeness (QED) is 0.856. The van der Waals surface area contributed by atoms with Gasteiger partial charge in [0.1, 0.15) is 0 Å². The van der Waals surface area contributed by atoms with E-state index in [1.165, 1.54) is 0 Å². The van der Waals surface area contributed by atoms with E-state index in [9.17, 15) is 8.42 Å². The van der Waals surface area contributed by atoms with Gasteiger partial charge in [-0.05, 0) is 38.1 Å². The van der Waals surface area contributed by atoms with E-state index in [1.54, 1.807) is 18.2 Å². The summed E-state index contributed by atoms with van der Waals surface area (Å²) >= 11 is 0. The van der Waals surface area contributed by atoms with Crippen LogP contribution >= 0.6 is 0 Å². The fourth-order valence-electron chi connectivity index (χ4n) is 2.75. The van der Waals surface area contributed by atoms with Crippen LogP contribution < -0.4 is 4.72 Å². The molecule has 0 aromatic heterocycles. The summed E-state index contributed by atoms with van der Waals surface area (Å²) in [4.78, 5) is 5.11. The van der Waals surface area contributed by atoms with E-state index in [0.29, 0.717) is 11.4 Å². The lowest BCUT2D eigenvalue weighted by molar-refractivity contribution is 0.107. The standard InChI is InChI=1S/C16H27N3O2S/c1-4-18-8-10-19(11-9-18)15(3)13-17-22(20,21)16-7-5-6-14(2)12-16/h5-7,12,15,17H,4,8-11,13H2,1-3H3/t15-/m1/s1. The number of hydrogen-bond acceptors (Lipinski definition) is 4. The molecule has 1 aromatic carbocycles. The average molecular weight is 325 g/mol. The Balaban J connectivity index is 1.89. The van der Waals surface area contributed by atoms with E-state index in [0.717, 1.165) is 38.3 Å². The highest BCUT2D eigenvalue weighted by Crippen LogP contribution is 2.11. The fraction of sp³-hybridized carbons (Fsp3) is 0.625. The molecule has 2 rings (SSSR count). The van der Waals surface area contributed by atoms with Crippen molar-refractivity contribution >= 4 is 10.0 Å². The smallest absolute Gasteiger partial charge is 0.240 e. The number of aryl methyl sites for hydroxylation is 1. The lowest BCUT2D eigenvalue weighted by Crippen LogP contribution is -2.52. The lowest BCUT2D eigenvalue weighted by Gasteiger charge is -2.37. The molecule has 1 atom stereocenters. The molecule has 1 aliphatic rings. The van der Waals surface area contributed by atoms with Crippen molar-refractivity contribution in [3.8, 4) is 0 Å². The Labute approximate surface area is 134 Å². The highest BCUT2D eigenvalue weighted by atomic mass is 32.2. The van der Waals surface area contributed by atoms with E-state index >= 15 is 0 Å². The largest absolute Gasteiger partial charge is 0.301 e. The van der Waals surface area contributed by atoms with Gasteiger partial charge < -0.3 is 4.90 Å². The molecule has 1 heterocycles. The first kappa shape index (κ1) is 17.4. The maximum atomic E-state index is 12.3. The maximum absolute atomic E-state index is 12.3. The summed E-state index contributed by atoms with van der Waals surface area (Å²) < 4.78 is 27.4. The Kier molecular flexibility index (Phi) is 5.97. The van der Waals surface area contributed by atoms with Gasteiger partial charge >= 0.3 is 0 Å². The van der Waals surface area contributed by atoms with Crippen LogP contribution in [-0.2, 0) is 10.0 Å². The van der Waals surface area contributed by atoms with E-state index in [-0.39, 0.29) is 6.04 Å². The fourth-order valence-corrected chi connectivity index (χ4v) is 3.97.